The summed E-state index contributed by atoms with van der Waals surface area (Å²) in [5, 5.41) is 10.4. The molecule has 1 N–H and O–H groups in total. The maximum absolute atomic E-state index is 9.08. The standard InChI is InChI=1S/C10H15ClN2O2S/c1-6-3-13(4-7(2)15-6)10-12-9(11)8(5-14)16-10/h6-7,14H,3-5H2,1-2H3/t6-,7+. The molecule has 2 rings (SSSR count). The predicted molar refractivity (Wildman–Crippen MR) is 65.3 cm³/mol. The van der Waals surface area contributed by atoms with Crippen molar-refractivity contribution in [3.05, 3.63) is 10.0 Å². The summed E-state index contributed by atoms with van der Waals surface area (Å²) in [4.78, 5) is 7.16. The third-order valence-electron chi connectivity index (χ3n) is 2.47. The third kappa shape index (κ3) is 2.48. The minimum Gasteiger partial charge on any atom is -0.391 e. The van der Waals surface area contributed by atoms with Crippen molar-refractivity contribution in [1.82, 2.24) is 4.98 Å². The van der Waals surface area contributed by atoms with Gasteiger partial charge in [0, 0.05) is 13.1 Å². The minimum atomic E-state index is -0.0497. The van der Waals surface area contributed by atoms with E-state index in [4.69, 9.17) is 21.4 Å². The number of aromatic nitrogens is 1. The average molecular weight is 263 g/mol. The first-order valence-corrected chi connectivity index (χ1v) is 6.46. The Labute approximate surface area is 104 Å². The zero-order chi connectivity index (χ0) is 11.7. The molecule has 6 heteroatoms. The third-order valence-corrected chi connectivity index (χ3v) is 4.00. The van der Waals surface area contributed by atoms with Crippen molar-refractivity contribution in [3.8, 4) is 0 Å². The number of thiazole rings is 1. The number of aliphatic hydroxyl groups excluding tert-OH is 1. The van der Waals surface area contributed by atoms with Crippen molar-refractivity contribution >= 4 is 28.1 Å². The van der Waals surface area contributed by atoms with Gasteiger partial charge in [0.05, 0.1) is 23.7 Å². The van der Waals surface area contributed by atoms with Gasteiger partial charge in [-0.3, -0.25) is 0 Å². The van der Waals surface area contributed by atoms with Crippen molar-refractivity contribution in [1.29, 1.82) is 0 Å². The molecule has 0 aromatic carbocycles. The zero-order valence-corrected chi connectivity index (χ0v) is 10.9. The van der Waals surface area contributed by atoms with Crippen LogP contribution in [0.2, 0.25) is 5.15 Å². The van der Waals surface area contributed by atoms with Crippen LogP contribution >= 0.6 is 22.9 Å². The fourth-order valence-corrected chi connectivity index (χ4v) is 3.02. The maximum atomic E-state index is 9.08. The SMILES string of the molecule is C[C@@H]1CN(c2nc(Cl)c(CO)s2)C[C@H](C)O1. The highest BCUT2D eigenvalue weighted by atomic mass is 35.5. The summed E-state index contributed by atoms with van der Waals surface area (Å²) in [5.41, 5.74) is 0. The lowest BCUT2D eigenvalue weighted by Crippen LogP contribution is -2.45. The fraction of sp³-hybridized carbons (Fsp3) is 0.700. The molecule has 90 valence electrons. The second kappa shape index (κ2) is 4.87. The molecule has 0 radical (unpaired) electrons. The highest BCUT2D eigenvalue weighted by molar-refractivity contribution is 7.16. The number of aliphatic hydroxyl groups is 1. The first kappa shape index (κ1) is 12.1. The summed E-state index contributed by atoms with van der Waals surface area (Å²) in [6.07, 6.45) is 0.396. The van der Waals surface area contributed by atoms with E-state index >= 15 is 0 Å². The van der Waals surface area contributed by atoms with E-state index < -0.39 is 0 Å². The number of nitrogens with zero attached hydrogens (tertiary/aromatic N) is 2. The molecule has 1 aromatic rings. The highest BCUT2D eigenvalue weighted by Crippen LogP contribution is 2.31. The molecular weight excluding hydrogens is 248 g/mol. The molecule has 2 atom stereocenters. The highest BCUT2D eigenvalue weighted by Gasteiger charge is 2.25. The second-order valence-electron chi connectivity index (χ2n) is 4.03. The molecule has 4 nitrogen and oxygen atoms in total. The minimum absolute atomic E-state index is 0.0497. The summed E-state index contributed by atoms with van der Waals surface area (Å²) >= 11 is 7.37. The molecule has 0 saturated carbocycles. The van der Waals surface area contributed by atoms with Gasteiger partial charge in [0.1, 0.15) is 5.15 Å². The second-order valence-corrected chi connectivity index (χ2v) is 5.45. The van der Waals surface area contributed by atoms with Crippen LogP contribution in [0, 0.1) is 0 Å². The van der Waals surface area contributed by atoms with Crippen molar-refractivity contribution in [2.75, 3.05) is 18.0 Å². The van der Waals surface area contributed by atoms with Crippen molar-refractivity contribution in [2.45, 2.75) is 32.7 Å². The normalized spacial score (nSPS) is 26.1. The lowest BCUT2D eigenvalue weighted by molar-refractivity contribution is -0.00522. The number of morpholine rings is 1. The Bertz CT molecular complexity index is 362. The lowest BCUT2D eigenvalue weighted by atomic mass is 10.2. The van der Waals surface area contributed by atoms with E-state index in [-0.39, 0.29) is 18.8 Å². The first-order valence-electron chi connectivity index (χ1n) is 5.26. The van der Waals surface area contributed by atoms with E-state index in [2.05, 4.69) is 9.88 Å². The molecule has 0 spiro atoms. The quantitative estimate of drug-likeness (QED) is 0.884. The van der Waals surface area contributed by atoms with Gasteiger partial charge in [-0.1, -0.05) is 22.9 Å². The van der Waals surface area contributed by atoms with Crippen molar-refractivity contribution < 1.29 is 9.84 Å². The molecule has 0 amide bonds. The van der Waals surface area contributed by atoms with Gasteiger partial charge in [-0.2, -0.15) is 0 Å². The van der Waals surface area contributed by atoms with Crippen molar-refractivity contribution in [3.63, 3.8) is 0 Å². The van der Waals surface area contributed by atoms with Crippen LogP contribution in [-0.4, -0.2) is 35.4 Å². The van der Waals surface area contributed by atoms with Gasteiger partial charge in [-0.25, -0.2) is 4.98 Å². The number of hydrogen-bond acceptors (Lipinski definition) is 5. The van der Waals surface area contributed by atoms with Crippen LogP contribution in [0.4, 0.5) is 5.13 Å². The van der Waals surface area contributed by atoms with E-state index in [0.29, 0.717) is 5.15 Å². The molecule has 1 fully saturated rings. The van der Waals surface area contributed by atoms with Crippen LogP contribution in [0.1, 0.15) is 18.7 Å². The lowest BCUT2D eigenvalue weighted by Gasteiger charge is -2.35. The smallest absolute Gasteiger partial charge is 0.187 e. The van der Waals surface area contributed by atoms with Gasteiger partial charge in [0.25, 0.3) is 0 Å². The fourth-order valence-electron chi connectivity index (χ4n) is 1.89. The number of ether oxygens (including phenoxy) is 1. The van der Waals surface area contributed by atoms with E-state index in [1.54, 1.807) is 0 Å². The van der Waals surface area contributed by atoms with E-state index in [1.807, 2.05) is 13.8 Å². The topological polar surface area (TPSA) is 45.6 Å². The molecular formula is C10H15ClN2O2S. The number of hydrogen-bond donors (Lipinski definition) is 1. The van der Waals surface area contributed by atoms with Gasteiger partial charge >= 0.3 is 0 Å². The van der Waals surface area contributed by atoms with Gasteiger partial charge in [0.2, 0.25) is 0 Å². The molecule has 0 aliphatic carbocycles. The molecule has 16 heavy (non-hydrogen) atoms. The Kier molecular flexibility index (Phi) is 3.69. The molecule has 1 aromatic heterocycles. The van der Waals surface area contributed by atoms with Crippen LogP contribution in [0.3, 0.4) is 0 Å². The molecule has 2 heterocycles. The first-order chi connectivity index (χ1) is 7.60. The van der Waals surface area contributed by atoms with E-state index in [9.17, 15) is 0 Å². The monoisotopic (exact) mass is 262 g/mol. The van der Waals surface area contributed by atoms with Gasteiger partial charge in [-0.05, 0) is 13.8 Å². The average Bonchev–Trinajstić information content (AvgIpc) is 2.58. The van der Waals surface area contributed by atoms with Crippen LogP contribution < -0.4 is 4.90 Å². The Hall–Kier alpha value is -0.360. The van der Waals surface area contributed by atoms with E-state index in [0.717, 1.165) is 23.1 Å². The number of rotatable bonds is 2. The largest absolute Gasteiger partial charge is 0.391 e. The molecule has 1 aliphatic heterocycles. The summed E-state index contributed by atoms with van der Waals surface area (Å²) < 4.78 is 5.65. The Balaban J connectivity index is 2.16. The van der Waals surface area contributed by atoms with Crippen LogP contribution in [0.5, 0.6) is 0 Å². The Morgan fingerprint density at radius 1 is 1.50 bits per heavy atom. The summed E-state index contributed by atoms with van der Waals surface area (Å²) in [6.45, 7) is 5.68. The number of halogens is 1. The van der Waals surface area contributed by atoms with E-state index in [1.165, 1.54) is 11.3 Å². The molecule has 1 saturated heterocycles. The van der Waals surface area contributed by atoms with Gasteiger partial charge in [-0.15, -0.1) is 0 Å². The molecule has 0 unspecified atom stereocenters. The summed E-state index contributed by atoms with van der Waals surface area (Å²) in [5.74, 6) is 0. The predicted octanol–water partition coefficient (Wildman–Crippen LogP) is 1.90. The number of anilines is 1. The Morgan fingerprint density at radius 3 is 2.62 bits per heavy atom. The van der Waals surface area contributed by atoms with Crippen LogP contribution in [0.25, 0.3) is 0 Å². The molecule has 0 bridgehead atoms. The van der Waals surface area contributed by atoms with Gasteiger partial charge in [0.15, 0.2) is 5.13 Å². The van der Waals surface area contributed by atoms with Crippen LogP contribution in [-0.2, 0) is 11.3 Å². The van der Waals surface area contributed by atoms with Gasteiger partial charge < -0.3 is 14.7 Å². The van der Waals surface area contributed by atoms with Crippen LogP contribution in [0.15, 0.2) is 0 Å². The summed E-state index contributed by atoms with van der Waals surface area (Å²) in [7, 11) is 0. The van der Waals surface area contributed by atoms with Crippen molar-refractivity contribution in [2.24, 2.45) is 0 Å². The summed E-state index contributed by atoms with van der Waals surface area (Å²) in [6, 6.07) is 0. The Morgan fingerprint density at radius 2 is 2.12 bits per heavy atom. The zero-order valence-electron chi connectivity index (χ0n) is 9.31. The molecule has 1 aliphatic rings. The maximum Gasteiger partial charge on any atom is 0.187 e.